The smallest absolute Gasteiger partial charge is 0.192 e. The number of hydrogen-bond acceptors (Lipinski definition) is 5. The molecule has 114 valence electrons. The minimum atomic E-state index is -0.313. The van der Waals surface area contributed by atoms with Crippen LogP contribution in [0, 0.1) is 0 Å². The summed E-state index contributed by atoms with van der Waals surface area (Å²) in [5.74, 6) is 0.589. The van der Waals surface area contributed by atoms with Gasteiger partial charge in [0.25, 0.3) is 0 Å². The average molecular weight is 289 g/mol. The lowest BCUT2D eigenvalue weighted by Crippen LogP contribution is -2.54. The van der Waals surface area contributed by atoms with Crippen LogP contribution in [0.5, 0.6) is 0 Å². The maximum Gasteiger partial charge on any atom is 0.192 e. The Bertz CT molecular complexity index is 500. The second-order valence-electron chi connectivity index (χ2n) is 5.75. The van der Waals surface area contributed by atoms with Gasteiger partial charge in [0.1, 0.15) is 5.54 Å². The zero-order valence-corrected chi connectivity index (χ0v) is 12.5. The first-order valence-corrected chi connectivity index (χ1v) is 7.50. The van der Waals surface area contributed by atoms with Crippen molar-refractivity contribution < 1.29 is 9.47 Å². The average Bonchev–Trinajstić information content (AvgIpc) is 3.13. The van der Waals surface area contributed by atoms with Gasteiger partial charge < -0.3 is 20.1 Å². The van der Waals surface area contributed by atoms with E-state index in [9.17, 15) is 0 Å². The molecule has 0 bridgehead atoms. The maximum atomic E-state index is 6.17. The van der Waals surface area contributed by atoms with Crippen molar-refractivity contribution in [2.45, 2.75) is 24.5 Å². The molecule has 2 aliphatic rings. The Hall–Kier alpha value is -1.59. The number of hydrogen-bond donors (Lipinski definition) is 1. The van der Waals surface area contributed by atoms with E-state index in [0.29, 0.717) is 19.1 Å². The van der Waals surface area contributed by atoms with E-state index in [4.69, 9.17) is 15.2 Å². The molecule has 2 N–H and O–H groups in total. The second-order valence-corrected chi connectivity index (χ2v) is 5.75. The van der Waals surface area contributed by atoms with Gasteiger partial charge in [-0.1, -0.05) is 30.3 Å². The van der Waals surface area contributed by atoms with Crippen molar-refractivity contribution in [3.63, 3.8) is 0 Å². The SMILES string of the molecule is COCC1(c2ccccc2)CN=C(N)N1CC1CCCO1. The van der Waals surface area contributed by atoms with Gasteiger partial charge in [0, 0.05) is 20.3 Å². The molecule has 5 heteroatoms. The van der Waals surface area contributed by atoms with Crippen LogP contribution in [0.15, 0.2) is 35.3 Å². The van der Waals surface area contributed by atoms with E-state index in [-0.39, 0.29) is 11.6 Å². The summed E-state index contributed by atoms with van der Waals surface area (Å²) in [5, 5.41) is 0. The highest BCUT2D eigenvalue weighted by Gasteiger charge is 2.45. The molecular formula is C16H23N3O2. The van der Waals surface area contributed by atoms with Crippen LogP contribution in [0.2, 0.25) is 0 Å². The Morgan fingerprint density at radius 2 is 2.24 bits per heavy atom. The minimum absolute atomic E-state index is 0.233. The van der Waals surface area contributed by atoms with Gasteiger partial charge in [-0.15, -0.1) is 0 Å². The minimum Gasteiger partial charge on any atom is -0.382 e. The fourth-order valence-corrected chi connectivity index (χ4v) is 3.30. The molecule has 0 radical (unpaired) electrons. The normalized spacial score (nSPS) is 28.9. The first kappa shape index (κ1) is 14.4. The van der Waals surface area contributed by atoms with Gasteiger partial charge in [-0.2, -0.15) is 0 Å². The molecule has 2 atom stereocenters. The van der Waals surface area contributed by atoms with Crippen molar-refractivity contribution in [1.82, 2.24) is 4.90 Å². The lowest BCUT2D eigenvalue weighted by molar-refractivity contribution is 0.0266. The zero-order valence-electron chi connectivity index (χ0n) is 12.5. The molecule has 0 aliphatic carbocycles. The molecule has 2 heterocycles. The van der Waals surface area contributed by atoms with Gasteiger partial charge in [-0.05, 0) is 18.4 Å². The Morgan fingerprint density at radius 1 is 1.43 bits per heavy atom. The van der Waals surface area contributed by atoms with Crippen molar-refractivity contribution in [1.29, 1.82) is 0 Å². The van der Waals surface area contributed by atoms with E-state index < -0.39 is 0 Å². The third-order valence-electron chi connectivity index (χ3n) is 4.40. The number of aliphatic imine (C=N–C) groups is 1. The van der Waals surface area contributed by atoms with E-state index in [1.807, 2.05) is 18.2 Å². The summed E-state index contributed by atoms with van der Waals surface area (Å²) in [6.45, 7) is 2.81. The van der Waals surface area contributed by atoms with Gasteiger partial charge >= 0.3 is 0 Å². The fourth-order valence-electron chi connectivity index (χ4n) is 3.30. The number of benzene rings is 1. The summed E-state index contributed by atoms with van der Waals surface area (Å²) in [4.78, 5) is 6.66. The molecule has 1 aromatic carbocycles. The fraction of sp³-hybridized carbons (Fsp3) is 0.562. The lowest BCUT2D eigenvalue weighted by Gasteiger charge is -2.40. The lowest BCUT2D eigenvalue weighted by atomic mass is 9.89. The molecule has 3 rings (SSSR count). The highest BCUT2D eigenvalue weighted by Crippen LogP contribution is 2.34. The number of nitrogens with two attached hydrogens (primary N) is 1. The summed E-state index contributed by atoms with van der Waals surface area (Å²) in [7, 11) is 1.73. The maximum absolute atomic E-state index is 6.17. The Kier molecular flexibility index (Phi) is 4.12. The topological polar surface area (TPSA) is 60.1 Å². The molecule has 5 nitrogen and oxygen atoms in total. The summed E-state index contributed by atoms with van der Waals surface area (Å²) >= 11 is 0. The molecule has 0 aromatic heterocycles. The molecule has 2 aliphatic heterocycles. The van der Waals surface area contributed by atoms with Crippen molar-refractivity contribution in [3.8, 4) is 0 Å². The van der Waals surface area contributed by atoms with Crippen LogP contribution >= 0.6 is 0 Å². The standard InChI is InChI=1S/C16H23N3O2/c1-20-12-16(13-6-3-2-4-7-13)11-18-15(17)19(16)10-14-8-5-9-21-14/h2-4,6-7,14H,5,8-12H2,1H3,(H2,17,18). The summed E-state index contributed by atoms with van der Waals surface area (Å²) in [5.41, 5.74) is 7.04. The van der Waals surface area contributed by atoms with Crippen LogP contribution in [0.1, 0.15) is 18.4 Å². The highest BCUT2D eigenvalue weighted by atomic mass is 16.5. The van der Waals surface area contributed by atoms with Crippen molar-refractivity contribution in [2.24, 2.45) is 10.7 Å². The van der Waals surface area contributed by atoms with E-state index in [0.717, 1.165) is 26.0 Å². The first-order valence-electron chi connectivity index (χ1n) is 7.50. The van der Waals surface area contributed by atoms with E-state index in [2.05, 4.69) is 22.0 Å². The predicted octanol–water partition coefficient (Wildman–Crippen LogP) is 1.34. The summed E-state index contributed by atoms with van der Waals surface area (Å²) in [6, 6.07) is 10.4. The molecule has 0 amide bonds. The number of nitrogens with zero attached hydrogens (tertiary/aromatic N) is 2. The molecule has 1 aromatic rings. The van der Waals surface area contributed by atoms with Crippen molar-refractivity contribution in [2.75, 3.05) is 33.4 Å². The Balaban J connectivity index is 1.90. The molecule has 21 heavy (non-hydrogen) atoms. The molecule has 0 spiro atoms. The van der Waals surface area contributed by atoms with E-state index in [1.54, 1.807) is 7.11 Å². The van der Waals surface area contributed by atoms with Gasteiger partial charge in [-0.3, -0.25) is 4.99 Å². The van der Waals surface area contributed by atoms with Gasteiger partial charge in [-0.25, -0.2) is 0 Å². The molecule has 1 fully saturated rings. The van der Waals surface area contributed by atoms with Crippen molar-refractivity contribution >= 4 is 5.96 Å². The Morgan fingerprint density at radius 3 is 2.90 bits per heavy atom. The first-order chi connectivity index (χ1) is 10.3. The molecular weight excluding hydrogens is 266 g/mol. The van der Waals surface area contributed by atoms with Crippen LogP contribution < -0.4 is 5.73 Å². The van der Waals surface area contributed by atoms with Gasteiger partial charge in [0.05, 0.1) is 19.3 Å². The van der Waals surface area contributed by atoms with Crippen LogP contribution in [0.3, 0.4) is 0 Å². The molecule has 0 saturated carbocycles. The third-order valence-corrected chi connectivity index (χ3v) is 4.40. The predicted molar refractivity (Wildman–Crippen MR) is 82.2 cm³/mol. The number of methoxy groups -OCH3 is 1. The van der Waals surface area contributed by atoms with Crippen molar-refractivity contribution in [3.05, 3.63) is 35.9 Å². The number of rotatable bonds is 5. The molecule has 2 unspecified atom stereocenters. The number of guanidine groups is 1. The van der Waals surface area contributed by atoms with E-state index >= 15 is 0 Å². The second kappa shape index (κ2) is 6.03. The Labute approximate surface area is 125 Å². The summed E-state index contributed by atoms with van der Waals surface area (Å²) < 4.78 is 11.3. The van der Waals surface area contributed by atoms with E-state index in [1.165, 1.54) is 5.56 Å². The summed E-state index contributed by atoms with van der Waals surface area (Å²) in [6.07, 6.45) is 2.44. The van der Waals surface area contributed by atoms with Gasteiger partial charge in [0.2, 0.25) is 0 Å². The largest absolute Gasteiger partial charge is 0.382 e. The molecule has 1 saturated heterocycles. The van der Waals surface area contributed by atoms with Crippen LogP contribution in [0.4, 0.5) is 0 Å². The highest BCUT2D eigenvalue weighted by molar-refractivity contribution is 5.81. The monoisotopic (exact) mass is 289 g/mol. The zero-order chi connectivity index (χ0) is 14.7. The van der Waals surface area contributed by atoms with Crippen LogP contribution in [-0.2, 0) is 15.0 Å². The van der Waals surface area contributed by atoms with Crippen LogP contribution in [0.25, 0.3) is 0 Å². The number of ether oxygens (including phenoxy) is 2. The third kappa shape index (κ3) is 2.63. The quantitative estimate of drug-likeness (QED) is 0.888. The van der Waals surface area contributed by atoms with Crippen LogP contribution in [-0.4, -0.2) is 50.4 Å². The van der Waals surface area contributed by atoms with Gasteiger partial charge in [0.15, 0.2) is 5.96 Å².